The molecule has 0 spiro atoms. The Morgan fingerprint density at radius 1 is 1.30 bits per heavy atom. The molecule has 2 aromatic rings. The fourth-order valence-corrected chi connectivity index (χ4v) is 4.27. The van der Waals surface area contributed by atoms with E-state index in [0.29, 0.717) is 6.04 Å². The molecule has 0 saturated heterocycles. The second kappa shape index (κ2) is 8.51. The van der Waals surface area contributed by atoms with Gasteiger partial charge in [-0.25, -0.2) is 0 Å². The van der Waals surface area contributed by atoms with Crippen LogP contribution in [0, 0.1) is 24.0 Å². The Kier molecular flexibility index (Phi) is 6.10. The summed E-state index contributed by atoms with van der Waals surface area (Å²) in [6.45, 7) is 3.70. The lowest BCUT2D eigenvalue weighted by molar-refractivity contribution is -0.384. The van der Waals surface area contributed by atoms with E-state index in [0.717, 1.165) is 29.4 Å². The van der Waals surface area contributed by atoms with Gasteiger partial charge in [-0.1, -0.05) is 37.1 Å². The van der Waals surface area contributed by atoms with Crippen LogP contribution in [-0.4, -0.2) is 31.3 Å². The predicted octanol–water partition coefficient (Wildman–Crippen LogP) is 4.04. The summed E-state index contributed by atoms with van der Waals surface area (Å²) in [5, 5.41) is 22.9. The van der Waals surface area contributed by atoms with E-state index in [1.807, 2.05) is 6.92 Å². The van der Waals surface area contributed by atoms with Crippen LogP contribution < -0.4 is 5.32 Å². The maximum Gasteiger partial charge on any atom is 0.293 e. The van der Waals surface area contributed by atoms with E-state index < -0.39 is 4.92 Å². The van der Waals surface area contributed by atoms with Crippen LogP contribution in [0.4, 0.5) is 11.4 Å². The number of carbonyl (C=O) groups is 1. The van der Waals surface area contributed by atoms with Crippen LogP contribution in [0.3, 0.4) is 0 Å². The summed E-state index contributed by atoms with van der Waals surface area (Å²) in [5.74, 6) is 0.678. The van der Waals surface area contributed by atoms with Crippen molar-refractivity contribution in [2.24, 2.45) is 0 Å². The minimum absolute atomic E-state index is 0.102. The Morgan fingerprint density at radius 3 is 2.74 bits per heavy atom. The molecule has 1 aliphatic carbocycles. The van der Waals surface area contributed by atoms with Gasteiger partial charge in [0.2, 0.25) is 5.91 Å². The highest BCUT2D eigenvalue weighted by Gasteiger charge is 2.22. The van der Waals surface area contributed by atoms with Crippen molar-refractivity contribution in [3.05, 3.63) is 39.7 Å². The van der Waals surface area contributed by atoms with E-state index in [2.05, 4.69) is 20.1 Å². The number of aromatic nitrogens is 3. The maximum absolute atomic E-state index is 12.3. The Morgan fingerprint density at radius 2 is 2.04 bits per heavy atom. The van der Waals surface area contributed by atoms with E-state index in [-0.39, 0.29) is 23.0 Å². The third kappa shape index (κ3) is 4.65. The summed E-state index contributed by atoms with van der Waals surface area (Å²) in [6.07, 6.45) is 5.87. The first-order valence-electron chi connectivity index (χ1n) is 9.05. The first kappa shape index (κ1) is 19.3. The van der Waals surface area contributed by atoms with E-state index in [1.54, 1.807) is 19.1 Å². The summed E-state index contributed by atoms with van der Waals surface area (Å²) in [6, 6.07) is 5.13. The predicted molar refractivity (Wildman–Crippen MR) is 104 cm³/mol. The fourth-order valence-electron chi connectivity index (χ4n) is 3.42. The average Bonchev–Trinajstić information content (AvgIpc) is 3.02. The number of amides is 1. The molecule has 0 bridgehead atoms. The summed E-state index contributed by atoms with van der Waals surface area (Å²) in [5.41, 5.74) is 0.876. The van der Waals surface area contributed by atoms with Crippen molar-refractivity contribution in [1.82, 2.24) is 14.8 Å². The number of thioether (sulfide) groups is 1. The molecule has 1 amide bonds. The van der Waals surface area contributed by atoms with Gasteiger partial charge >= 0.3 is 0 Å². The van der Waals surface area contributed by atoms with Crippen molar-refractivity contribution in [3.8, 4) is 0 Å². The number of aryl methyl sites for hydroxylation is 2. The number of nitro groups is 1. The van der Waals surface area contributed by atoms with E-state index in [9.17, 15) is 14.9 Å². The fraction of sp³-hybridized carbons (Fsp3) is 0.500. The molecule has 144 valence electrons. The molecule has 1 fully saturated rings. The number of nitrogens with one attached hydrogen (secondary N) is 1. The van der Waals surface area contributed by atoms with Crippen molar-refractivity contribution >= 4 is 29.0 Å². The molecule has 1 aromatic carbocycles. The highest BCUT2D eigenvalue weighted by atomic mass is 32.2. The second-order valence-electron chi connectivity index (χ2n) is 6.81. The third-order valence-electron chi connectivity index (χ3n) is 4.73. The van der Waals surface area contributed by atoms with E-state index in [4.69, 9.17) is 0 Å². The van der Waals surface area contributed by atoms with Gasteiger partial charge in [0, 0.05) is 12.1 Å². The number of carbonyl (C=O) groups excluding carboxylic acids is 1. The molecule has 9 heteroatoms. The topological polar surface area (TPSA) is 103 Å². The van der Waals surface area contributed by atoms with Gasteiger partial charge < -0.3 is 9.88 Å². The van der Waals surface area contributed by atoms with Gasteiger partial charge in [-0.3, -0.25) is 14.9 Å². The van der Waals surface area contributed by atoms with Crippen molar-refractivity contribution < 1.29 is 9.72 Å². The number of benzene rings is 1. The quantitative estimate of drug-likeness (QED) is 0.454. The van der Waals surface area contributed by atoms with Crippen LogP contribution >= 0.6 is 11.8 Å². The molecule has 27 heavy (non-hydrogen) atoms. The summed E-state index contributed by atoms with van der Waals surface area (Å²) >= 11 is 1.31. The molecule has 3 rings (SSSR count). The van der Waals surface area contributed by atoms with Crippen LogP contribution in [0.1, 0.15) is 49.5 Å². The van der Waals surface area contributed by atoms with Crippen molar-refractivity contribution in [2.75, 3.05) is 11.1 Å². The lowest BCUT2D eigenvalue weighted by Crippen LogP contribution is -2.18. The molecule has 1 saturated carbocycles. The minimum Gasteiger partial charge on any atom is -0.320 e. The van der Waals surface area contributed by atoms with Gasteiger partial charge in [-0.15, -0.1) is 10.2 Å². The number of hydrogen-bond acceptors (Lipinski definition) is 6. The van der Waals surface area contributed by atoms with E-state index in [1.165, 1.54) is 37.1 Å². The highest BCUT2D eigenvalue weighted by Crippen LogP contribution is 2.32. The van der Waals surface area contributed by atoms with Crippen molar-refractivity contribution in [3.63, 3.8) is 0 Å². The molecular formula is C18H23N5O3S. The van der Waals surface area contributed by atoms with Crippen LogP contribution in [0.15, 0.2) is 23.4 Å². The van der Waals surface area contributed by atoms with Gasteiger partial charge in [0.15, 0.2) is 5.16 Å². The van der Waals surface area contributed by atoms with Gasteiger partial charge in [-0.05, 0) is 38.3 Å². The monoisotopic (exact) mass is 389 g/mol. The largest absolute Gasteiger partial charge is 0.320 e. The molecular weight excluding hydrogens is 366 g/mol. The Hall–Kier alpha value is -2.42. The van der Waals surface area contributed by atoms with Gasteiger partial charge in [0.25, 0.3) is 5.69 Å². The Balaban J connectivity index is 1.66. The molecule has 0 aliphatic heterocycles. The van der Waals surface area contributed by atoms with Crippen LogP contribution in [-0.2, 0) is 4.79 Å². The minimum atomic E-state index is -0.487. The smallest absolute Gasteiger partial charge is 0.293 e. The highest BCUT2D eigenvalue weighted by molar-refractivity contribution is 7.99. The summed E-state index contributed by atoms with van der Waals surface area (Å²) < 4.78 is 2.13. The maximum atomic E-state index is 12.3. The Labute approximate surface area is 161 Å². The van der Waals surface area contributed by atoms with Crippen LogP contribution in [0.2, 0.25) is 0 Å². The molecule has 1 N–H and O–H groups in total. The zero-order valence-corrected chi connectivity index (χ0v) is 16.3. The molecule has 0 atom stereocenters. The zero-order chi connectivity index (χ0) is 19.4. The molecule has 0 radical (unpaired) electrons. The Bertz CT molecular complexity index is 846. The average molecular weight is 389 g/mol. The number of nitro benzene ring substituents is 1. The number of nitrogens with zero attached hydrogens (tertiary/aromatic N) is 4. The molecule has 0 unspecified atom stereocenters. The first-order chi connectivity index (χ1) is 13.0. The van der Waals surface area contributed by atoms with Gasteiger partial charge in [0.05, 0.1) is 10.7 Å². The van der Waals surface area contributed by atoms with Crippen LogP contribution in [0.5, 0.6) is 0 Å². The standard InChI is InChI=1S/C18H23N5O3S/c1-12-8-9-15(16(10-12)23(25)26)19-17(24)11-27-18-21-20-13(2)22(18)14-6-4-3-5-7-14/h8-10,14H,3-7,11H2,1-2H3,(H,19,24). The van der Waals surface area contributed by atoms with Crippen LogP contribution in [0.25, 0.3) is 0 Å². The number of anilines is 1. The molecule has 1 aromatic heterocycles. The third-order valence-corrected chi connectivity index (χ3v) is 5.67. The van der Waals surface area contributed by atoms with E-state index >= 15 is 0 Å². The SMILES string of the molecule is Cc1ccc(NC(=O)CSc2nnc(C)n2C2CCCCC2)c([N+](=O)[O-])c1. The normalized spacial score (nSPS) is 14.9. The molecule has 8 nitrogen and oxygen atoms in total. The molecule has 1 aliphatic rings. The van der Waals surface area contributed by atoms with Gasteiger partial charge in [0.1, 0.15) is 11.5 Å². The molecule has 1 heterocycles. The lowest BCUT2D eigenvalue weighted by Gasteiger charge is -2.24. The lowest BCUT2D eigenvalue weighted by atomic mass is 9.95. The zero-order valence-electron chi connectivity index (χ0n) is 15.5. The summed E-state index contributed by atoms with van der Waals surface area (Å²) in [4.78, 5) is 23.0. The van der Waals surface area contributed by atoms with Crippen molar-refractivity contribution in [1.29, 1.82) is 0 Å². The number of rotatable bonds is 6. The number of hydrogen-bond donors (Lipinski definition) is 1. The van der Waals surface area contributed by atoms with Crippen molar-refractivity contribution in [2.45, 2.75) is 57.1 Å². The summed E-state index contributed by atoms with van der Waals surface area (Å²) in [7, 11) is 0. The first-order valence-corrected chi connectivity index (χ1v) is 10.0. The van der Waals surface area contributed by atoms with Gasteiger partial charge in [-0.2, -0.15) is 0 Å². The second-order valence-corrected chi connectivity index (χ2v) is 7.75.